The third-order valence-corrected chi connectivity index (χ3v) is 4.23. The Balaban J connectivity index is 1.82. The standard InChI is InChI=1S/C20H22F3N3O3/c1-3-26(11-13-4-7-18(29-2)17(23)8-13)12-20(28)24-10-19(27)25-14-5-6-15(21)16(22)9-14/h4-9H,3,10-12H2,1-2H3,(H,24,28)(H,25,27)/p+1. The van der Waals surface area contributed by atoms with E-state index in [9.17, 15) is 22.8 Å². The van der Waals surface area contributed by atoms with Crippen LogP contribution >= 0.6 is 0 Å². The Labute approximate surface area is 166 Å². The number of carbonyl (C=O) groups is 2. The topological polar surface area (TPSA) is 71.9 Å². The van der Waals surface area contributed by atoms with Crippen molar-refractivity contribution in [3.05, 3.63) is 59.4 Å². The van der Waals surface area contributed by atoms with Gasteiger partial charge in [0.15, 0.2) is 29.7 Å². The van der Waals surface area contributed by atoms with Crippen molar-refractivity contribution in [3.63, 3.8) is 0 Å². The fourth-order valence-electron chi connectivity index (χ4n) is 2.67. The molecule has 3 N–H and O–H groups in total. The quantitative estimate of drug-likeness (QED) is 0.583. The first kappa shape index (κ1) is 22.2. The summed E-state index contributed by atoms with van der Waals surface area (Å²) in [5.74, 6) is -3.36. The first-order valence-electron chi connectivity index (χ1n) is 9.00. The van der Waals surface area contributed by atoms with E-state index < -0.39 is 23.4 Å². The van der Waals surface area contributed by atoms with Gasteiger partial charge in [0.1, 0.15) is 6.54 Å². The number of rotatable bonds is 9. The number of quaternary nitrogens is 1. The summed E-state index contributed by atoms with van der Waals surface area (Å²) in [4.78, 5) is 24.8. The van der Waals surface area contributed by atoms with Gasteiger partial charge in [-0.15, -0.1) is 0 Å². The molecule has 1 atom stereocenters. The van der Waals surface area contributed by atoms with Crippen LogP contribution in [0.25, 0.3) is 0 Å². The second kappa shape index (κ2) is 10.5. The summed E-state index contributed by atoms with van der Waals surface area (Å²) >= 11 is 0. The molecule has 0 radical (unpaired) electrons. The van der Waals surface area contributed by atoms with Crippen LogP contribution in [0.1, 0.15) is 12.5 Å². The monoisotopic (exact) mass is 410 g/mol. The van der Waals surface area contributed by atoms with Gasteiger partial charge in [0, 0.05) is 17.3 Å². The molecular formula is C20H23F3N3O3+. The third kappa shape index (κ3) is 6.79. The van der Waals surface area contributed by atoms with Crippen LogP contribution in [0.15, 0.2) is 36.4 Å². The zero-order valence-electron chi connectivity index (χ0n) is 16.2. The molecule has 0 aliphatic carbocycles. The maximum absolute atomic E-state index is 13.8. The molecule has 0 aliphatic heterocycles. The van der Waals surface area contributed by atoms with E-state index in [4.69, 9.17) is 4.74 Å². The molecule has 29 heavy (non-hydrogen) atoms. The van der Waals surface area contributed by atoms with Crippen molar-refractivity contribution in [2.45, 2.75) is 13.5 Å². The number of likely N-dealkylation sites (N-methyl/N-ethyl adjacent to an activating group) is 1. The van der Waals surface area contributed by atoms with Crippen LogP contribution in [0.3, 0.4) is 0 Å². The van der Waals surface area contributed by atoms with Gasteiger partial charge in [0.25, 0.3) is 5.91 Å². The molecule has 0 saturated carbocycles. The molecule has 0 fully saturated rings. The molecule has 6 nitrogen and oxygen atoms in total. The molecule has 156 valence electrons. The molecule has 2 aromatic carbocycles. The van der Waals surface area contributed by atoms with Crippen LogP contribution in [0, 0.1) is 17.5 Å². The molecule has 1 unspecified atom stereocenters. The van der Waals surface area contributed by atoms with Crippen molar-refractivity contribution in [2.75, 3.05) is 32.1 Å². The van der Waals surface area contributed by atoms with Crippen molar-refractivity contribution in [2.24, 2.45) is 0 Å². The first-order chi connectivity index (χ1) is 13.8. The molecule has 0 bridgehead atoms. The highest BCUT2D eigenvalue weighted by Crippen LogP contribution is 2.17. The zero-order valence-corrected chi connectivity index (χ0v) is 16.2. The summed E-state index contributed by atoms with van der Waals surface area (Å²) in [6.45, 7) is 2.70. The highest BCUT2D eigenvalue weighted by atomic mass is 19.2. The number of hydrogen-bond donors (Lipinski definition) is 3. The van der Waals surface area contributed by atoms with E-state index in [2.05, 4.69) is 10.6 Å². The van der Waals surface area contributed by atoms with E-state index >= 15 is 0 Å². The molecule has 0 heterocycles. The smallest absolute Gasteiger partial charge is 0.275 e. The fraction of sp³-hybridized carbons (Fsp3) is 0.300. The van der Waals surface area contributed by atoms with Crippen LogP contribution < -0.4 is 20.3 Å². The normalized spacial score (nSPS) is 11.6. The minimum atomic E-state index is -1.08. The first-order valence-corrected chi connectivity index (χ1v) is 9.00. The van der Waals surface area contributed by atoms with Gasteiger partial charge in [-0.05, 0) is 37.3 Å². The second-order valence-electron chi connectivity index (χ2n) is 6.38. The van der Waals surface area contributed by atoms with Gasteiger partial charge < -0.3 is 20.3 Å². The lowest BCUT2D eigenvalue weighted by Gasteiger charge is -2.17. The van der Waals surface area contributed by atoms with Crippen LogP contribution in [0.2, 0.25) is 0 Å². The highest BCUT2D eigenvalue weighted by Gasteiger charge is 2.15. The van der Waals surface area contributed by atoms with Gasteiger partial charge in [0.2, 0.25) is 5.91 Å². The van der Waals surface area contributed by atoms with Crippen molar-refractivity contribution in [1.29, 1.82) is 0 Å². The summed E-state index contributed by atoms with van der Waals surface area (Å²) in [7, 11) is 1.38. The van der Waals surface area contributed by atoms with Gasteiger partial charge in [0.05, 0.1) is 20.2 Å². The SMILES string of the molecule is CC[NH+](CC(=O)NCC(=O)Nc1ccc(F)c(F)c1)Cc1ccc(OC)c(F)c1. The Morgan fingerprint density at radius 2 is 1.76 bits per heavy atom. The summed E-state index contributed by atoms with van der Waals surface area (Å²) < 4.78 is 44.7. The molecule has 0 aliphatic rings. The van der Waals surface area contributed by atoms with Crippen molar-refractivity contribution >= 4 is 17.5 Å². The van der Waals surface area contributed by atoms with Crippen molar-refractivity contribution in [1.82, 2.24) is 5.32 Å². The lowest BCUT2D eigenvalue weighted by Crippen LogP contribution is -3.11. The van der Waals surface area contributed by atoms with Crippen LogP contribution in [0.5, 0.6) is 5.75 Å². The predicted octanol–water partition coefficient (Wildman–Crippen LogP) is 1.27. The van der Waals surface area contributed by atoms with E-state index in [1.54, 1.807) is 6.07 Å². The van der Waals surface area contributed by atoms with Gasteiger partial charge in [-0.25, -0.2) is 13.2 Å². The third-order valence-electron chi connectivity index (χ3n) is 4.23. The lowest BCUT2D eigenvalue weighted by molar-refractivity contribution is -0.904. The lowest BCUT2D eigenvalue weighted by atomic mass is 10.2. The van der Waals surface area contributed by atoms with Gasteiger partial charge >= 0.3 is 0 Å². The number of hydrogen-bond acceptors (Lipinski definition) is 3. The number of ether oxygens (including phenoxy) is 1. The highest BCUT2D eigenvalue weighted by molar-refractivity contribution is 5.94. The summed E-state index contributed by atoms with van der Waals surface area (Å²) in [5, 5.41) is 4.84. The van der Waals surface area contributed by atoms with E-state index in [0.29, 0.717) is 18.7 Å². The molecule has 9 heteroatoms. The van der Waals surface area contributed by atoms with Gasteiger partial charge in [-0.2, -0.15) is 0 Å². The molecule has 0 spiro atoms. The molecular weight excluding hydrogens is 387 g/mol. The Morgan fingerprint density at radius 3 is 2.38 bits per heavy atom. The number of carbonyl (C=O) groups excluding carboxylic acids is 2. The van der Waals surface area contributed by atoms with E-state index in [1.807, 2.05) is 6.92 Å². The van der Waals surface area contributed by atoms with E-state index in [0.717, 1.165) is 17.0 Å². The summed E-state index contributed by atoms with van der Waals surface area (Å²) in [6.07, 6.45) is 0. The Kier molecular flexibility index (Phi) is 8.02. The van der Waals surface area contributed by atoms with Crippen LogP contribution in [-0.2, 0) is 16.1 Å². The van der Waals surface area contributed by atoms with Crippen LogP contribution in [0.4, 0.5) is 18.9 Å². The molecule has 2 rings (SSSR count). The Bertz CT molecular complexity index is 877. The number of nitrogens with one attached hydrogen (secondary N) is 3. The predicted molar refractivity (Wildman–Crippen MR) is 101 cm³/mol. The number of amides is 2. The summed E-state index contributed by atoms with van der Waals surface area (Å²) in [5.41, 5.74) is 0.800. The maximum Gasteiger partial charge on any atom is 0.275 e. The number of methoxy groups -OCH3 is 1. The van der Waals surface area contributed by atoms with E-state index in [-0.39, 0.29) is 30.4 Å². The average Bonchev–Trinajstić information content (AvgIpc) is 2.69. The molecule has 2 aromatic rings. The van der Waals surface area contributed by atoms with E-state index in [1.165, 1.54) is 25.3 Å². The van der Waals surface area contributed by atoms with Gasteiger partial charge in [-0.3, -0.25) is 9.59 Å². The summed E-state index contributed by atoms with van der Waals surface area (Å²) in [6, 6.07) is 7.59. The minimum absolute atomic E-state index is 0.0859. The number of anilines is 1. The van der Waals surface area contributed by atoms with Crippen LogP contribution in [-0.4, -0.2) is 38.6 Å². The number of halogens is 3. The minimum Gasteiger partial charge on any atom is -0.494 e. The van der Waals surface area contributed by atoms with Gasteiger partial charge in [-0.1, -0.05) is 0 Å². The number of benzene rings is 2. The largest absolute Gasteiger partial charge is 0.494 e. The maximum atomic E-state index is 13.8. The Morgan fingerprint density at radius 1 is 1.00 bits per heavy atom. The molecule has 2 amide bonds. The zero-order chi connectivity index (χ0) is 21.4. The fourth-order valence-corrected chi connectivity index (χ4v) is 2.67. The molecule has 0 aromatic heterocycles. The Hall–Kier alpha value is -3.07. The second-order valence-corrected chi connectivity index (χ2v) is 6.38. The van der Waals surface area contributed by atoms with Crippen molar-refractivity contribution < 1.29 is 32.4 Å². The average molecular weight is 410 g/mol. The molecule has 0 saturated heterocycles. The van der Waals surface area contributed by atoms with Crippen molar-refractivity contribution in [3.8, 4) is 5.75 Å².